The van der Waals surface area contributed by atoms with Crippen molar-refractivity contribution in [2.24, 2.45) is 0 Å². The maximum absolute atomic E-state index is 13.0. The number of amides is 3. The number of nitro groups is 1. The first-order valence-electron chi connectivity index (χ1n) is 10.6. The number of nitrogens with zero attached hydrogens (tertiary/aromatic N) is 2. The predicted octanol–water partition coefficient (Wildman–Crippen LogP) is 3.32. The first-order chi connectivity index (χ1) is 15.9. The van der Waals surface area contributed by atoms with E-state index in [2.05, 4.69) is 10.6 Å². The molecule has 0 bridgehead atoms. The summed E-state index contributed by atoms with van der Waals surface area (Å²) in [6.45, 7) is 1.46. The number of anilines is 1. The number of non-ortho nitro benzene ring substituents is 1. The van der Waals surface area contributed by atoms with Crippen LogP contribution in [0.2, 0.25) is 0 Å². The summed E-state index contributed by atoms with van der Waals surface area (Å²) in [7, 11) is 0. The number of nitro benzene ring substituents is 1. The zero-order chi connectivity index (χ0) is 23.8. The topological polar surface area (TPSA) is 122 Å². The van der Waals surface area contributed by atoms with Gasteiger partial charge in [0.2, 0.25) is 5.91 Å². The molecule has 0 aromatic heterocycles. The third-order valence-electron chi connectivity index (χ3n) is 5.32. The van der Waals surface area contributed by atoms with Crippen LogP contribution in [0.5, 0.6) is 0 Å². The van der Waals surface area contributed by atoms with Crippen LogP contribution in [-0.4, -0.2) is 58.7 Å². The van der Waals surface area contributed by atoms with Gasteiger partial charge >= 0.3 is 0 Å². The number of hydrogen-bond acceptors (Lipinski definition) is 6. The summed E-state index contributed by atoms with van der Waals surface area (Å²) in [5.74, 6) is -0.436. The highest BCUT2D eigenvalue weighted by Gasteiger charge is 2.23. The van der Waals surface area contributed by atoms with Crippen molar-refractivity contribution in [2.75, 3.05) is 30.4 Å². The number of hydrogen-bond donors (Lipinski definition) is 2. The van der Waals surface area contributed by atoms with E-state index in [1.54, 1.807) is 29.2 Å². The van der Waals surface area contributed by atoms with Crippen LogP contribution >= 0.6 is 11.8 Å². The van der Waals surface area contributed by atoms with Gasteiger partial charge in [0.15, 0.2) is 0 Å². The Morgan fingerprint density at radius 3 is 2.48 bits per heavy atom. The summed E-state index contributed by atoms with van der Waals surface area (Å²) in [5.41, 5.74) is 0.858. The molecular formula is C23H26N4O5S. The molecule has 1 aliphatic rings. The van der Waals surface area contributed by atoms with Gasteiger partial charge in [0.25, 0.3) is 17.5 Å². The van der Waals surface area contributed by atoms with E-state index in [-0.39, 0.29) is 17.2 Å². The average Bonchev–Trinajstić information content (AvgIpc) is 3.36. The largest absolute Gasteiger partial charge is 0.340 e. The van der Waals surface area contributed by atoms with Crippen LogP contribution in [0.25, 0.3) is 0 Å². The Labute approximate surface area is 196 Å². The van der Waals surface area contributed by atoms with Crippen molar-refractivity contribution in [3.05, 3.63) is 69.8 Å². The highest BCUT2D eigenvalue weighted by molar-refractivity contribution is 7.98. The fraction of sp³-hybridized carbons (Fsp3) is 0.348. The van der Waals surface area contributed by atoms with Gasteiger partial charge in [-0.1, -0.05) is 12.1 Å². The van der Waals surface area contributed by atoms with Crippen LogP contribution in [0.4, 0.5) is 11.4 Å². The molecule has 2 N–H and O–H groups in total. The summed E-state index contributed by atoms with van der Waals surface area (Å²) in [6.07, 6.45) is 4.25. The highest BCUT2D eigenvalue weighted by Crippen LogP contribution is 2.18. The second-order valence-electron chi connectivity index (χ2n) is 7.68. The second-order valence-corrected chi connectivity index (χ2v) is 8.67. The lowest BCUT2D eigenvalue weighted by atomic mass is 10.1. The van der Waals surface area contributed by atoms with E-state index in [0.29, 0.717) is 23.4 Å². The molecule has 1 unspecified atom stereocenters. The average molecular weight is 471 g/mol. The Balaban J connectivity index is 1.71. The van der Waals surface area contributed by atoms with Gasteiger partial charge in [0, 0.05) is 42.0 Å². The number of likely N-dealkylation sites (tertiary alicyclic amines) is 1. The maximum atomic E-state index is 13.0. The molecule has 3 rings (SSSR count). The lowest BCUT2D eigenvalue weighted by molar-refractivity contribution is -0.384. The quantitative estimate of drug-likeness (QED) is 0.428. The van der Waals surface area contributed by atoms with Crippen molar-refractivity contribution in [2.45, 2.75) is 25.3 Å². The Kier molecular flexibility index (Phi) is 8.42. The summed E-state index contributed by atoms with van der Waals surface area (Å²) in [5, 5.41) is 16.4. The highest BCUT2D eigenvalue weighted by atomic mass is 32.2. The molecule has 1 fully saturated rings. The first kappa shape index (κ1) is 24.2. The minimum atomic E-state index is -0.845. The second kappa shape index (κ2) is 11.5. The van der Waals surface area contributed by atoms with E-state index in [0.717, 1.165) is 25.9 Å². The van der Waals surface area contributed by atoms with E-state index >= 15 is 0 Å². The molecule has 2 aromatic carbocycles. The van der Waals surface area contributed by atoms with E-state index < -0.39 is 22.8 Å². The fourth-order valence-electron chi connectivity index (χ4n) is 3.57. The van der Waals surface area contributed by atoms with Crippen molar-refractivity contribution in [1.29, 1.82) is 0 Å². The van der Waals surface area contributed by atoms with Gasteiger partial charge in [0.1, 0.15) is 6.04 Å². The number of nitrogens with one attached hydrogen (secondary N) is 2. The predicted molar refractivity (Wildman–Crippen MR) is 128 cm³/mol. The Hall–Kier alpha value is -3.40. The molecular weight excluding hydrogens is 444 g/mol. The Bertz CT molecular complexity index is 1040. The van der Waals surface area contributed by atoms with Crippen molar-refractivity contribution in [1.82, 2.24) is 10.2 Å². The standard InChI is InChI=1S/C23H26N4O5S/c1-33-13-10-20(25-21(28)16-6-5-9-19(15-16)27(31)32)22(29)24-18-8-4-7-17(14-18)23(30)26-11-2-3-12-26/h4-9,14-15,20H,2-3,10-13H2,1H3,(H,24,29)(H,25,28). The molecule has 174 valence electrons. The van der Waals surface area contributed by atoms with Gasteiger partial charge < -0.3 is 15.5 Å². The lowest BCUT2D eigenvalue weighted by Gasteiger charge is -2.19. The monoisotopic (exact) mass is 470 g/mol. The molecule has 1 atom stereocenters. The molecule has 10 heteroatoms. The first-order valence-corrected chi connectivity index (χ1v) is 12.0. The normalized spacial score (nSPS) is 13.9. The van der Waals surface area contributed by atoms with Crippen LogP contribution < -0.4 is 10.6 Å². The summed E-state index contributed by atoms with van der Waals surface area (Å²) < 4.78 is 0. The SMILES string of the molecule is CSCCC(NC(=O)c1cccc([N+](=O)[O-])c1)C(=O)Nc1cccc(C(=O)N2CCCC2)c1. The minimum absolute atomic E-state index is 0.0680. The molecule has 0 aliphatic carbocycles. The Morgan fingerprint density at radius 1 is 1.09 bits per heavy atom. The van der Waals surface area contributed by atoms with Gasteiger partial charge in [-0.2, -0.15) is 11.8 Å². The third kappa shape index (κ3) is 6.55. The van der Waals surface area contributed by atoms with Crippen LogP contribution in [0.15, 0.2) is 48.5 Å². The number of benzene rings is 2. The van der Waals surface area contributed by atoms with Crippen molar-refractivity contribution in [3.8, 4) is 0 Å². The minimum Gasteiger partial charge on any atom is -0.340 e. The molecule has 1 saturated heterocycles. The molecule has 1 aliphatic heterocycles. The van der Waals surface area contributed by atoms with Gasteiger partial charge in [-0.15, -0.1) is 0 Å². The molecule has 0 radical (unpaired) electrons. The van der Waals surface area contributed by atoms with Gasteiger partial charge in [-0.25, -0.2) is 0 Å². The molecule has 2 aromatic rings. The van der Waals surface area contributed by atoms with Gasteiger partial charge in [-0.05, 0) is 55.5 Å². The van der Waals surface area contributed by atoms with Crippen LogP contribution in [0.1, 0.15) is 40.0 Å². The fourth-order valence-corrected chi connectivity index (χ4v) is 4.04. The number of rotatable bonds is 9. The summed E-state index contributed by atoms with van der Waals surface area (Å²) in [6, 6.07) is 11.2. The van der Waals surface area contributed by atoms with Crippen LogP contribution in [0, 0.1) is 10.1 Å². The van der Waals surface area contributed by atoms with Gasteiger partial charge in [-0.3, -0.25) is 24.5 Å². The van der Waals surface area contributed by atoms with Crippen molar-refractivity contribution >= 4 is 40.9 Å². The molecule has 0 spiro atoms. The molecule has 1 heterocycles. The molecule has 9 nitrogen and oxygen atoms in total. The number of carbonyl (C=O) groups excluding carboxylic acids is 3. The van der Waals surface area contributed by atoms with Crippen molar-refractivity contribution < 1.29 is 19.3 Å². The number of carbonyl (C=O) groups is 3. The van der Waals surface area contributed by atoms with Crippen LogP contribution in [0.3, 0.4) is 0 Å². The molecule has 0 saturated carbocycles. The summed E-state index contributed by atoms with van der Waals surface area (Å²) >= 11 is 1.53. The molecule has 3 amide bonds. The van der Waals surface area contributed by atoms with Gasteiger partial charge in [0.05, 0.1) is 4.92 Å². The van der Waals surface area contributed by atoms with Crippen LogP contribution in [-0.2, 0) is 4.79 Å². The van der Waals surface area contributed by atoms with Crippen molar-refractivity contribution in [3.63, 3.8) is 0 Å². The lowest BCUT2D eigenvalue weighted by Crippen LogP contribution is -2.44. The zero-order valence-electron chi connectivity index (χ0n) is 18.3. The summed E-state index contributed by atoms with van der Waals surface area (Å²) in [4.78, 5) is 50.5. The Morgan fingerprint density at radius 2 is 1.79 bits per heavy atom. The number of thioether (sulfide) groups is 1. The van der Waals surface area contributed by atoms with E-state index in [1.165, 1.54) is 36.0 Å². The maximum Gasteiger partial charge on any atom is 0.270 e. The third-order valence-corrected chi connectivity index (χ3v) is 5.97. The van der Waals surface area contributed by atoms with E-state index in [9.17, 15) is 24.5 Å². The molecule has 33 heavy (non-hydrogen) atoms. The van der Waals surface area contributed by atoms with E-state index in [4.69, 9.17) is 0 Å². The smallest absolute Gasteiger partial charge is 0.270 e. The zero-order valence-corrected chi connectivity index (χ0v) is 19.1. The van der Waals surface area contributed by atoms with E-state index in [1.807, 2.05) is 6.26 Å².